The number of methoxy groups -OCH3 is 1. The minimum absolute atomic E-state index is 0.258. The first-order valence-corrected chi connectivity index (χ1v) is 6.04. The molecule has 1 unspecified atom stereocenters. The summed E-state index contributed by atoms with van der Waals surface area (Å²) in [5.74, 6) is 0.663. The first kappa shape index (κ1) is 15.2. The maximum absolute atomic E-state index is 11.5. The average Bonchev–Trinajstić information content (AvgIpc) is 2.34. The van der Waals surface area contributed by atoms with Gasteiger partial charge in [-0.1, -0.05) is 0 Å². The molecule has 0 aromatic carbocycles. The van der Waals surface area contributed by atoms with Crippen LogP contribution in [0.5, 0.6) is 5.75 Å². The van der Waals surface area contributed by atoms with Crippen LogP contribution in [0.1, 0.15) is 32.5 Å². The molecule has 0 bridgehead atoms. The quantitative estimate of drug-likeness (QED) is 0.865. The largest absolute Gasteiger partial charge is 0.495 e. The van der Waals surface area contributed by atoms with Crippen molar-refractivity contribution in [3.8, 4) is 5.75 Å². The molecule has 1 aromatic rings. The molecule has 106 valence electrons. The lowest BCUT2D eigenvalue weighted by molar-refractivity contribution is 0.0524. The molecule has 19 heavy (non-hydrogen) atoms. The van der Waals surface area contributed by atoms with E-state index in [0.717, 1.165) is 0 Å². The molecule has 1 amide bonds. The number of carbonyl (C=O) groups is 1. The number of pyridine rings is 1. The summed E-state index contributed by atoms with van der Waals surface area (Å²) < 4.78 is 10.1. The summed E-state index contributed by atoms with van der Waals surface area (Å²) in [6, 6.07) is 3.15. The molecule has 0 radical (unpaired) electrons. The molecule has 1 rings (SSSR count). The maximum atomic E-state index is 11.5. The van der Waals surface area contributed by atoms with Gasteiger partial charge in [0.1, 0.15) is 11.4 Å². The molecule has 1 atom stereocenters. The van der Waals surface area contributed by atoms with E-state index in [1.54, 1.807) is 46.2 Å². The zero-order chi connectivity index (χ0) is 14.5. The van der Waals surface area contributed by atoms with Gasteiger partial charge in [0.2, 0.25) is 0 Å². The summed E-state index contributed by atoms with van der Waals surface area (Å²) in [6.07, 6.45) is 1.10. The predicted octanol–water partition coefficient (Wildman–Crippen LogP) is 1.61. The van der Waals surface area contributed by atoms with Gasteiger partial charge in [0, 0.05) is 6.54 Å². The SMILES string of the molecule is COc1ccc(C(N)CNC(=O)OC(C)(C)C)nc1. The standard InChI is InChI=1S/C13H21N3O3/c1-13(2,3)19-12(17)16-8-10(14)11-6-5-9(18-4)7-15-11/h5-7,10H,8,14H2,1-4H3,(H,16,17). The van der Waals surface area contributed by atoms with Crippen molar-refractivity contribution in [1.29, 1.82) is 0 Å². The normalized spacial score (nSPS) is 12.7. The predicted molar refractivity (Wildman–Crippen MR) is 72.0 cm³/mol. The van der Waals surface area contributed by atoms with Crippen LogP contribution in [0.4, 0.5) is 4.79 Å². The van der Waals surface area contributed by atoms with E-state index in [4.69, 9.17) is 15.2 Å². The van der Waals surface area contributed by atoms with E-state index in [2.05, 4.69) is 10.3 Å². The Morgan fingerprint density at radius 3 is 2.63 bits per heavy atom. The highest BCUT2D eigenvalue weighted by Crippen LogP contribution is 2.12. The fraction of sp³-hybridized carbons (Fsp3) is 0.538. The molecule has 0 aliphatic heterocycles. The Morgan fingerprint density at radius 1 is 1.47 bits per heavy atom. The van der Waals surface area contributed by atoms with Crippen LogP contribution in [0, 0.1) is 0 Å². The number of aromatic nitrogens is 1. The van der Waals surface area contributed by atoms with Gasteiger partial charge >= 0.3 is 6.09 Å². The molecule has 0 aliphatic rings. The van der Waals surface area contributed by atoms with Crippen LogP contribution in [-0.2, 0) is 4.74 Å². The molecular weight excluding hydrogens is 246 g/mol. The molecule has 0 spiro atoms. The lowest BCUT2D eigenvalue weighted by Crippen LogP contribution is -2.36. The zero-order valence-corrected chi connectivity index (χ0v) is 11.8. The van der Waals surface area contributed by atoms with Gasteiger partial charge in [0.15, 0.2) is 0 Å². The Hall–Kier alpha value is -1.82. The van der Waals surface area contributed by atoms with Crippen LogP contribution in [0.3, 0.4) is 0 Å². The molecule has 6 heteroatoms. The summed E-state index contributed by atoms with van der Waals surface area (Å²) >= 11 is 0. The number of carbonyl (C=O) groups excluding carboxylic acids is 1. The molecule has 1 heterocycles. The van der Waals surface area contributed by atoms with Crippen molar-refractivity contribution in [3.63, 3.8) is 0 Å². The Labute approximate surface area is 113 Å². The fourth-order valence-corrected chi connectivity index (χ4v) is 1.34. The smallest absolute Gasteiger partial charge is 0.407 e. The summed E-state index contributed by atoms with van der Waals surface area (Å²) in [5, 5.41) is 2.61. The van der Waals surface area contributed by atoms with Gasteiger partial charge < -0.3 is 20.5 Å². The number of ether oxygens (including phenoxy) is 2. The van der Waals surface area contributed by atoms with Gasteiger partial charge in [-0.05, 0) is 32.9 Å². The van der Waals surface area contributed by atoms with Crippen molar-refractivity contribution in [2.24, 2.45) is 5.73 Å². The average molecular weight is 267 g/mol. The molecule has 6 nitrogen and oxygen atoms in total. The van der Waals surface area contributed by atoms with Crippen molar-refractivity contribution < 1.29 is 14.3 Å². The van der Waals surface area contributed by atoms with Crippen LogP contribution in [0.2, 0.25) is 0 Å². The number of nitrogens with two attached hydrogens (primary N) is 1. The van der Waals surface area contributed by atoms with E-state index in [9.17, 15) is 4.79 Å². The summed E-state index contributed by atoms with van der Waals surface area (Å²) in [6.45, 7) is 5.67. The topological polar surface area (TPSA) is 86.5 Å². The van der Waals surface area contributed by atoms with Crippen molar-refractivity contribution in [1.82, 2.24) is 10.3 Å². The number of hydrogen-bond acceptors (Lipinski definition) is 5. The first-order chi connectivity index (χ1) is 8.81. The lowest BCUT2D eigenvalue weighted by Gasteiger charge is -2.20. The highest BCUT2D eigenvalue weighted by Gasteiger charge is 2.17. The third-order valence-electron chi connectivity index (χ3n) is 2.24. The minimum Gasteiger partial charge on any atom is -0.495 e. The highest BCUT2D eigenvalue weighted by atomic mass is 16.6. The highest BCUT2D eigenvalue weighted by molar-refractivity contribution is 5.67. The van der Waals surface area contributed by atoms with Crippen molar-refractivity contribution >= 4 is 6.09 Å². The Balaban J connectivity index is 2.46. The monoisotopic (exact) mass is 267 g/mol. The Kier molecular flexibility index (Phi) is 5.11. The third-order valence-corrected chi connectivity index (χ3v) is 2.24. The van der Waals surface area contributed by atoms with E-state index >= 15 is 0 Å². The maximum Gasteiger partial charge on any atom is 0.407 e. The summed E-state index contributed by atoms with van der Waals surface area (Å²) in [7, 11) is 1.57. The zero-order valence-electron chi connectivity index (χ0n) is 11.8. The van der Waals surface area contributed by atoms with Crippen molar-refractivity contribution in [2.75, 3.05) is 13.7 Å². The summed E-state index contributed by atoms with van der Waals surface area (Å²) in [4.78, 5) is 15.6. The molecule has 0 saturated carbocycles. The Bertz CT molecular complexity index is 412. The van der Waals surface area contributed by atoms with E-state index in [1.807, 2.05) is 0 Å². The fourth-order valence-electron chi connectivity index (χ4n) is 1.34. The lowest BCUT2D eigenvalue weighted by atomic mass is 10.2. The van der Waals surface area contributed by atoms with Crippen LogP contribution in [0.15, 0.2) is 18.3 Å². The first-order valence-electron chi connectivity index (χ1n) is 6.04. The second-order valence-corrected chi connectivity index (χ2v) is 5.11. The molecule has 0 saturated heterocycles. The molecule has 0 fully saturated rings. The molecular formula is C13H21N3O3. The van der Waals surface area contributed by atoms with Gasteiger partial charge in [-0.25, -0.2) is 4.79 Å². The number of hydrogen-bond donors (Lipinski definition) is 2. The second kappa shape index (κ2) is 6.38. The minimum atomic E-state index is -0.521. The third kappa shape index (κ3) is 5.56. The van der Waals surface area contributed by atoms with Crippen LogP contribution >= 0.6 is 0 Å². The molecule has 1 aromatic heterocycles. The number of amides is 1. The number of rotatable bonds is 4. The van der Waals surface area contributed by atoms with E-state index in [-0.39, 0.29) is 6.54 Å². The van der Waals surface area contributed by atoms with Gasteiger partial charge in [-0.2, -0.15) is 0 Å². The van der Waals surface area contributed by atoms with E-state index < -0.39 is 17.7 Å². The van der Waals surface area contributed by atoms with E-state index in [0.29, 0.717) is 11.4 Å². The van der Waals surface area contributed by atoms with Crippen LogP contribution in [-0.4, -0.2) is 30.3 Å². The number of nitrogens with one attached hydrogen (secondary N) is 1. The number of nitrogens with zero attached hydrogens (tertiary/aromatic N) is 1. The summed E-state index contributed by atoms with van der Waals surface area (Å²) in [5.41, 5.74) is 6.08. The van der Waals surface area contributed by atoms with Crippen molar-refractivity contribution in [3.05, 3.63) is 24.0 Å². The second-order valence-electron chi connectivity index (χ2n) is 5.11. The number of alkyl carbamates (subject to hydrolysis) is 1. The molecule has 0 aliphatic carbocycles. The van der Waals surface area contributed by atoms with Crippen LogP contribution in [0.25, 0.3) is 0 Å². The van der Waals surface area contributed by atoms with Gasteiger partial charge in [-0.15, -0.1) is 0 Å². The van der Waals surface area contributed by atoms with E-state index in [1.165, 1.54) is 0 Å². The van der Waals surface area contributed by atoms with Gasteiger partial charge in [0.25, 0.3) is 0 Å². The Morgan fingerprint density at radius 2 is 2.16 bits per heavy atom. The van der Waals surface area contributed by atoms with Crippen LogP contribution < -0.4 is 15.8 Å². The van der Waals surface area contributed by atoms with Gasteiger partial charge in [-0.3, -0.25) is 4.98 Å². The molecule has 3 N–H and O–H groups in total. The van der Waals surface area contributed by atoms with Crippen molar-refractivity contribution in [2.45, 2.75) is 32.4 Å². The van der Waals surface area contributed by atoms with Gasteiger partial charge in [0.05, 0.1) is 25.0 Å².